The number of nitrogens with zero attached hydrogens (tertiary/aromatic N) is 10. The molecule has 11 heterocycles. The Morgan fingerprint density at radius 3 is 1.46 bits per heavy atom. The van der Waals surface area contributed by atoms with Crippen LogP contribution >= 0.6 is 57.4 Å². The lowest BCUT2D eigenvalue weighted by Crippen LogP contribution is -2.59. The van der Waals surface area contributed by atoms with E-state index >= 15 is 0 Å². The zero-order valence-corrected chi connectivity index (χ0v) is 64.3. The van der Waals surface area contributed by atoms with Crippen molar-refractivity contribution >= 4 is 120 Å². The summed E-state index contributed by atoms with van der Waals surface area (Å²) in [5.74, 6) is 6.13. The molecule has 0 amide bonds. The van der Waals surface area contributed by atoms with Gasteiger partial charge in [-0.2, -0.15) is 25.5 Å². The summed E-state index contributed by atoms with van der Waals surface area (Å²) in [6, 6.07) is 13.7. The highest BCUT2D eigenvalue weighted by molar-refractivity contribution is 14.1. The van der Waals surface area contributed by atoms with Crippen molar-refractivity contribution < 1.29 is 25.3 Å². The predicted molar refractivity (Wildman–Crippen MR) is 409 cm³/mol. The van der Waals surface area contributed by atoms with Crippen molar-refractivity contribution in [3.05, 3.63) is 127 Å². The van der Waals surface area contributed by atoms with Gasteiger partial charge in [-0.05, 0) is 260 Å². The van der Waals surface area contributed by atoms with E-state index in [1.165, 1.54) is 104 Å². The first-order chi connectivity index (χ1) is 48.1. The molecule has 7 saturated carbocycles. The highest BCUT2D eigenvalue weighted by atomic mass is 127. The molecule has 8 aromatic rings. The number of nitrogens with one attached hydrogen (secondary N) is 4. The summed E-state index contributed by atoms with van der Waals surface area (Å²) in [7, 11) is -6.22. The Balaban J connectivity index is 0.000000110. The summed E-state index contributed by atoms with van der Waals surface area (Å²) in [6.07, 6.45) is 40.0. The van der Waals surface area contributed by atoms with Gasteiger partial charge < -0.3 is 10.6 Å². The van der Waals surface area contributed by atoms with Gasteiger partial charge in [0, 0.05) is 55.5 Å². The van der Waals surface area contributed by atoms with E-state index < -0.39 is 29.5 Å². The van der Waals surface area contributed by atoms with E-state index in [1.807, 2.05) is 47.7 Å². The highest BCUT2D eigenvalue weighted by Crippen LogP contribution is 2.63. The third-order valence-corrected chi connectivity index (χ3v) is 30.4. The van der Waals surface area contributed by atoms with Gasteiger partial charge in [0.2, 0.25) is 0 Å². The van der Waals surface area contributed by atoms with Crippen molar-refractivity contribution in [2.45, 2.75) is 176 Å². The Hall–Kier alpha value is -4.48. The maximum atomic E-state index is 11.9. The minimum atomic E-state index is -2.85. The maximum absolute atomic E-state index is 11.9. The smallest absolute Gasteiger partial charge is 0.157 e. The lowest BCUT2D eigenvalue weighted by molar-refractivity contribution is -0.0979. The van der Waals surface area contributed by atoms with Crippen molar-refractivity contribution in [2.75, 3.05) is 80.8 Å². The molecule has 20 nitrogen and oxygen atoms in total. The molecule has 27 heteroatoms. The number of fused-ring (bicyclic) bond motifs is 3. The van der Waals surface area contributed by atoms with E-state index in [-0.39, 0.29) is 29.1 Å². The number of hydrogen-bond donors (Lipinski definition) is 4. The molecule has 5 aromatic heterocycles. The number of benzene rings is 3. The second-order valence-corrected chi connectivity index (χ2v) is 39.5. The second-order valence-electron chi connectivity index (χ2n) is 30.5. The largest absolute Gasteiger partial charge is 0.317 e. The van der Waals surface area contributed by atoms with Gasteiger partial charge in [-0.25, -0.2) is 29.9 Å². The Morgan fingerprint density at radius 1 is 0.550 bits per heavy atom. The fourth-order valence-corrected chi connectivity index (χ4v) is 23.7. The van der Waals surface area contributed by atoms with E-state index in [4.69, 9.17) is 34.8 Å². The Kier molecular flexibility index (Phi) is 22.1. The average molecular weight is 1600 g/mol. The van der Waals surface area contributed by atoms with Crippen LogP contribution in [0.2, 0.25) is 15.1 Å². The molecule has 12 fully saturated rings. The van der Waals surface area contributed by atoms with Crippen molar-refractivity contribution in [3.8, 4) is 5.69 Å². The standard InChI is InChI=1S/C24H28ClN5O2S.C16H20ClN3O2S.C12H14ClN3.C9H19N.C8H9IN2.C4H6O2S/c25-22-7-18-12-27-30(20-13-26-29(14-20)24-9-16(10-24)11-24)23(18)8-21(22)17-1-4-28(5-2-17)19-3-6-33(31,32)15-19;17-15-7-12-9-18-19-16(12)8-14(15)11-1-4-20(5-2-11)13-3-6-23(21,22)10-13;13-11-5-9-7-15-16-12(9)6-10(11)8-1-3-14-4-2-8;1-3-8-6-4-5-7-9(8)10-2;9-7-4-10-11(5-7)8-1-6(2-8)3-8;5-7(6)3-1-2-4-7/h7-8,12-14,16-17,19H,1-6,9-11,15H2;7-9,11,13H,1-6,10H2,(H,18,19);5-8,14H,1-4H2,(H,15,16);8-10H,3-7H2,1-2H3;4-6H,1-3H2;1-2H,3-4H2/t;;;8-,9-;;/m...1../s1. The first kappa shape index (κ1) is 72.5. The maximum Gasteiger partial charge on any atom is 0.157 e. The lowest BCUT2D eigenvalue weighted by atomic mass is 9.50. The molecule has 3 aromatic carbocycles. The summed E-state index contributed by atoms with van der Waals surface area (Å²) in [5.41, 5.74) is 8.54. The number of aromatic amines is 2. The fraction of sp³-hybridized carbons (Fsp3) is 0.603. The molecule has 2 unspecified atom stereocenters. The third kappa shape index (κ3) is 16.2. The van der Waals surface area contributed by atoms with E-state index in [1.54, 1.807) is 18.3 Å². The van der Waals surface area contributed by atoms with Crippen LogP contribution in [0.15, 0.2) is 91.9 Å². The van der Waals surface area contributed by atoms with Gasteiger partial charge in [0.25, 0.3) is 0 Å². The van der Waals surface area contributed by atoms with Crippen LogP contribution in [0.1, 0.15) is 163 Å². The van der Waals surface area contributed by atoms with Gasteiger partial charge in [-0.1, -0.05) is 73.1 Å². The molecule has 13 aliphatic rings. The van der Waals surface area contributed by atoms with Crippen molar-refractivity contribution in [2.24, 2.45) is 17.8 Å². The molecule has 4 atom stereocenters. The molecule has 6 aliphatic heterocycles. The van der Waals surface area contributed by atoms with Crippen LogP contribution in [0.5, 0.6) is 0 Å². The van der Waals surface area contributed by atoms with Crippen LogP contribution < -0.4 is 10.6 Å². The number of likely N-dealkylation sites (tertiary alicyclic amines) is 2. The van der Waals surface area contributed by atoms with Gasteiger partial charge in [0.1, 0.15) is 5.69 Å². The first-order valence-corrected chi connectivity index (χ1v) is 44.1. The number of rotatable bonds is 10. The van der Waals surface area contributed by atoms with E-state index in [9.17, 15) is 25.3 Å². The molecule has 100 heavy (non-hydrogen) atoms. The normalized spacial score (nSPS) is 28.9. The van der Waals surface area contributed by atoms with Crippen LogP contribution in [0.25, 0.3) is 38.4 Å². The Morgan fingerprint density at radius 2 is 1.03 bits per heavy atom. The number of hydrogen-bond acceptors (Lipinski definition) is 15. The molecule has 0 spiro atoms. The summed E-state index contributed by atoms with van der Waals surface area (Å²) >= 11 is 21.8. The quantitative estimate of drug-likeness (QED) is 0.0735. The number of sulfone groups is 3. The van der Waals surface area contributed by atoms with Crippen LogP contribution in [-0.2, 0) is 40.6 Å². The van der Waals surface area contributed by atoms with Crippen LogP contribution in [0.3, 0.4) is 0 Å². The molecule has 5 saturated heterocycles. The Labute approximate surface area is 617 Å². The minimum absolute atomic E-state index is 0.188. The number of H-pyrrole nitrogens is 2. The van der Waals surface area contributed by atoms with E-state index in [2.05, 4.69) is 133 Å². The summed E-state index contributed by atoms with van der Waals surface area (Å²) < 4.78 is 75.4. The van der Waals surface area contributed by atoms with E-state index in [0.29, 0.717) is 46.3 Å². The van der Waals surface area contributed by atoms with Gasteiger partial charge in [0.05, 0.1) is 103 Å². The summed E-state index contributed by atoms with van der Waals surface area (Å²) in [4.78, 5) is 4.72. The monoisotopic (exact) mass is 1590 g/mol. The second kappa shape index (κ2) is 30.5. The number of aromatic nitrogens is 10. The topological polar surface area (TPSA) is 244 Å². The fourth-order valence-electron chi connectivity index (χ4n) is 17.8. The number of halogens is 4. The van der Waals surface area contributed by atoms with Gasteiger partial charge in [0.15, 0.2) is 29.5 Å². The zero-order chi connectivity index (χ0) is 69.6. The van der Waals surface area contributed by atoms with Crippen molar-refractivity contribution in [3.63, 3.8) is 0 Å². The molecule has 21 rings (SSSR count). The van der Waals surface area contributed by atoms with Gasteiger partial charge in [-0.15, -0.1) is 0 Å². The van der Waals surface area contributed by atoms with Crippen LogP contribution in [-0.4, -0.2) is 184 Å². The molecule has 540 valence electrons. The summed E-state index contributed by atoms with van der Waals surface area (Å²) in [6.45, 7) is 8.22. The Bertz CT molecular complexity index is 4510. The van der Waals surface area contributed by atoms with Gasteiger partial charge in [-0.3, -0.25) is 29.4 Å². The van der Waals surface area contributed by atoms with Crippen molar-refractivity contribution in [1.29, 1.82) is 0 Å². The third-order valence-electron chi connectivity index (χ3n) is 24.0. The highest BCUT2D eigenvalue weighted by Gasteiger charge is 2.59. The number of piperidine rings is 3. The molecular formula is C73H96Cl3IN14O6S3. The molecule has 7 aliphatic carbocycles. The van der Waals surface area contributed by atoms with Gasteiger partial charge >= 0.3 is 0 Å². The summed E-state index contributed by atoms with van der Waals surface area (Å²) in [5, 5.41) is 40.2. The molecule has 4 bridgehead atoms. The van der Waals surface area contributed by atoms with Crippen LogP contribution in [0.4, 0.5) is 0 Å². The molecule has 0 radical (unpaired) electrons. The van der Waals surface area contributed by atoms with Crippen molar-refractivity contribution in [1.82, 2.24) is 70.2 Å². The lowest BCUT2D eigenvalue weighted by Gasteiger charge is -2.61. The molecule has 4 N–H and O–H groups in total. The minimum Gasteiger partial charge on any atom is -0.317 e. The van der Waals surface area contributed by atoms with Crippen LogP contribution in [0, 0.1) is 21.3 Å². The average Bonchev–Trinajstić information content (AvgIpc) is 1.16. The first-order valence-electron chi connectivity index (χ1n) is 36.4. The zero-order valence-electron chi connectivity index (χ0n) is 57.4. The SMILES string of the molecule is CC[C@@H]1CCCC[C@H]1NC.Clc1cc2cn[nH]c2cc1C1CCNCC1.Ic1cnn(C23CC(C2)C3)c1.O=S1(=O)CC=CC1.O=S1(=O)CCC(N2CCC(c3cc4[nH]ncc4cc3Cl)CC2)C1.O=S1(=O)CCC(N2CCC(c3cc4c(cnn4-c4cnn(C56CC(C5)C6)c4)cc3Cl)CC2)C1. The predicted octanol–water partition coefficient (Wildman–Crippen LogP) is 13.2. The molecular weight excluding hydrogens is 1500 g/mol. The van der Waals surface area contributed by atoms with E-state index in [0.717, 1.165) is 155 Å².